The van der Waals surface area contributed by atoms with Gasteiger partial charge in [-0.3, -0.25) is 9.59 Å². The summed E-state index contributed by atoms with van der Waals surface area (Å²) in [6.07, 6.45) is 1.70. The third-order valence-electron chi connectivity index (χ3n) is 3.10. The molecular formula is C13H15NO2. The molecule has 0 saturated carbocycles. The summed E-state index contributed by atoms with van der Waals surface area (Å²) >= 11 is 0. The van der Waals surface area contributed by atoms with Crippen LogP contribution in [0.4, 0.5) is 5.69 Å². The first-order chi connectivity index (χ1) is 7.63. The van der Waals surface area contributed by atoms with E-state index < -0.39 is 0 Å². The first kappa shape index (κ1) is 10.9. The number of nitrogens with zero attached hydrogens (tertiary/aromatic N) is 1. The van der Waals surface area contributed by atoms with Gasteiger partial charge in [0, 0.05) is 23.2 Å². The Labute approximate surface area is 95.1 Å². The summed E-state index contributed by atoms with van der Waals surface area (Å²) in [5.41, 5.74) is 1.52. The number of carbonyl (C=O) groups excluding carboxylic acids is 2. The van der Waals surface area contributed by atoms with Crippen LogP contribution >= 0.6 is 0 Å². The van der Waals surface area contributed by atoms with E-state index in [1.54, 1.807) is 12.1 Å². The number of rotatable bonds is 2. The van der Waals surface area contributed by atoms with Gasteiger partial charge in [0.15, 0.2) is 0 Å². The number of aldehydes is 1. The highest BCUT2D eigenvalue weighted by atomic mass is 16.2. The second-order valence-corrected chi connectivity index (χ2v) is 4.40. The summed E-state index contributed by atoms with van der Waals surface area (Å²) in [5.74, 6) is 0.270. The molecule has 0 aromatic heterocycles. The number of hydrogen-bond acceptors (Lipinski definition) is 2. The fourth-order valence-corrected chi connectivity index (χ4v) is 2.27. The van der Waals surface area contributed by atoms with Gasteiger partial charge < -0.3 is 4.90 Å². The van der Waals surface area contributed by atoms with Crippen LogP contribution < -0.4 is 4.90 Å². The molecular weight excluding hydrogens is 202 g/mol. The lowest BCUT2D eigenvalue weighted by molar-refractivity contribution is -0.119. The minimum absolute atomic E-state index is 0.0979. The number of carbonyl (C=O) groups is 2. The maximum Gasteiger partial charge on any atom is 0.230 e. The van der Waals surface area contributed by atoms with Gasteiger partial charge in [-0.1, -0.05) is 6.92 Å². The molecule has 2 rings (SSSR count). The highest BCUT2D eigenvalue weighted by Crippen LogP contribution is 2.29. The van der Waals surface area contributed by atoms with Crippen molar-refractivity contribution in [3.8, 4) is 0 Å². The minimum atomic E-state index is 0.0979. The molecule has 3 nitrogen and oxygen atoms in total. The Morgan fingerprint density at radius 1 is 1.25 bits per heavy atom. The first-order valence-corrected chi connectivity index (χ1v) is 5.52. The molecule has 1 amide bonds. The Balaban J connectivity index is 2.29. The lowest BCUT2D eigenvalue weighted by atomic mass is 10.1. The fourth-order valence-electron chi connectivity index (χ4n) is 2.27. The van der Waals surface area contributed by atoms with E-state index >= 15 is 0 Å². The van der Waals surface area contributed by atoms with Crippen LogP contribution in [0.3, 0.4) is 0 Å². The maximum absolute atomic E-state index is 11.9. The topological polar surface area (TPSA) is 37.4 Å². The van der Waals surface area contributed by atoms with Crippen LogP contribution in [0.25, 0.3) is 0 Å². The van der Waals surface area contributed by atoms with E-state index in [4.69, 9.17) is 0 Å². The fraction of sp³-hybridized carbons (Fsp3) is 0.385. The van der Waals surface area contributed by atoms with Gasteiger partial charge in [-0.25, -0.2) is 0 Å². The highest BCUT2D eigenvalue weighted by Gasteiger charge is 2.34. The van der Waals surface area contributed by atoms with Crippen molar-refractivity contribution in [3.05, 3.63) is 29.8 Å². The lowest BCUT2D eigenvalue weighted by Gasteiger charge is -2.21. The second-order valence-electron chi connectivity index (χ2n) is 4.40. The van der Waals surface area contributed by atoms with E-state index in [0.717, 1.165) is 18.4 Å². The number of amides is 1. The van der Waals surface area contributed by atoms with E-state index in [1.165, 1.54) is 0 Å². The smallest absolute Gasteiger partial charge is 0.230 e. The zero-order chi connectivity index (χ0) is 11.7. The van der Waals surface area contributed by atoms with Gasteiger partial charge in [0.1, 0.15) is 6.29 Å². The molecule has 0 N–H and O–H groups in total. The van der Waals surface area contributed by atoms with E-state index in [-0.39, 0.29) is 17.9 Å². The summed E-state index contributed by atoms with van der Waals surface area (Å²) in [6.45, 7) is 4.01. The number of hydrogen-bond donors (Lipinski definition) is 0. The van der Waals surface area contributed by atoms with Crippen LogP contribution in [0.2, 0.25) is 0 Å². The maximum atomic E-state index is 11.9. The van der Waals surface area contributed by atoms with Crippen LogP contribution in [0, 0.1) is 5.92 Å². The molecule has 0 bridgehead atoms. The summed E-state index contributed by atoms with van der Waals surface area (Å²) < 4.78 is 0. The average Bonchev–Trinajstić information content (AvgIpc) is 2.54. The van der Waals surface area contributed by atoms with E-state index in [0.29, 0.717) is 5.56 Å². The van der Waals surface area contributed by atoms with Gasteiger partial charge in [0.2, 0.25) is 5.91 Å². The second kappa shape index (κ2) is 4.08. The zero-order valence-electron chi connectivity index (χ0n) is 9.51. The minimum Gasteiger partial charge on any atom is -0.309 e. The van der Waals surface area contributed by atoms with Crippen molar-refractivity contribution in [3.63, 3.8) is 0 Å². The average molecular weight is 217 g/mol. The van der Waals surface area contributed by atoms with Crippen LogP contribution in [0.5, 0.6) is 0 Å². The number of anilines is 1. The highest BCUT2D eigenvalue weighted by molar-refractivity contribution is 5.97. The molecule has 1 aliphatic heterocycles. The molecule has 0 radical (unpaired) electrons. The van der Waals surface area contributed by atoms with Crippen molar-refractivity contribution in [1.29, 1.82) is 0 Å². The normalized spacial score (nSPS) is 24.9. The SMILES string of the molecule is CC1CC(C)N(c2ccc(C=O)cc2)C1=O. The third-order valence-corrected chi connectivity index (χ3v) is 3.10. The molecule has 2 unspecified atom stereocenters. The van der Waals surface area contributed by atoms with E-state index in [2.05, 4.69) is 6.92 Å². The zero-order valence-corrected chi connectivity index (χ0v) is 9.51. The van der Waals surface area contributed by atoms with Gasteiger partial charge in [-0.05, 0) is 37.6 Å². The molecule has 1 aromatic carbocycles. The van der Waals surface area contributed by atoms with Crippen LogP contribution in [-0.2, 0) is 4.79 Å². The van der Waals surface area contributed by atoms with Crippen LogP contribution in [0.15, 0.2) is 24.3 Å². The predicted octanol–water partition coefficient (Wildman–Crippen LogP) is 2.26. The Bertz CT molecular complexity index is 410. The van der Waals surface area contributed by atoms with Crippen molar-refractivity contribution in [2.45, 2.75) is 26.3 Å². The Morgan fingerprint density at radius 3 is 2.31 bits per heavy atom. The van der Waals surface area contributed by atoms with Crippen molar-refractivity contribution in [2.75, 3.05) is 4.90 Å². The lowest BCUT2D eigenvalue weighted by Crippen LogP contribution is -2.31. The molecule has 1 aliphatic rings. The predicted molar refractivity (Wildman–Crippen MR) is 62.6 cm³/mol. The first-order valence-electron chi connectivity index (χ1n) is 5.52. The van der Waals surface area contributed by atoms with Gasteiger partial charge in [-0.2, -0.15) is 0 Å². The van der Waals surface area contributed by atoms with Gasteiger partial charge in [0.05, 0.1) is 0 Å². The molecule has 0 spiro atoms. The third kappa shape index (κ3) is 1.73. The van der Waals surface area contributed by atoms with Crippen molar-refractivity contribution in [2.24, 2.45) is 5.92 Å². The Morgan fingerprint density at radius 2 is 1.88 bits per heavy atom. The monoisotopic (exact) mass is 217 g/mol. The number of benzene rings is 1. The molecule has 1 fully saturated rings. The van der Waals surface area contributed by atoms with Crippen molar-refractivity contribution >= 4 is 17.9 Å². The quantitative estimate of drug-likeness (QED) is 0.712. The van der Waals surface area contributed by atoms with Crippen molar-refractivity contribution in [1.82, 2.24) is 0 Å². The molecule has 1 heterocycles. The summed E-state index contributed by atoms with van der Waals surface area (Å²) in [6, 6.07) is 7.38. The van der Waals surface area contributed by atoms with E-state index in [9.17, 15) is 9.59 Å². The standard InChI is InChI=1S/C13H15NO2/c1-9-7-10(2)14(13(9)16)12-5-3-11(8-15)4-6-12/h3-6,8-10H,7H2,1-2H3. The molecule has 1 saturated heterocycles. The van der Waals surface area contributed by atoms with Crippen LogP contribution in [0.1, 0.15) is 30.6 Å². The van der Waals surface area contributed by atoms with Gasteiger partial charge in [-0.15, -0.1) is 0 Å². The summed E-state index contributed by atoms with van der Waals surface area (Å²) in [5, 5.41) is 0. The van der Waals surface area contributed by atoms with Crippen molar-refractivity contribution < 1.29 is 9.59 Å². The molecule has 2 atom stereocenters. The summed E-state index contributed by atoms with van der Waals surface area (Å²) in [7, 11) is 0. The molecule has 16 heavy (non-hydrogen) atoms. The Kier molecular flexibility index (Phi) is 2.77. The summed E-state index contributed by atoms with van der Waals surface area (Å²) in [4.78, 5) is 24.3. The largest absolute Gasteiger partial charge is 0.309 e. The molecule has 1 aromatic rings. The van der Waals surface area contributed by atoms with E-state index in [1.807, 2.05) is 24.0 Å². The molecule has 84 valence electrons. The van der Waals surface area contributed by atoms with Crippen LogP contribution in [-0.4, -0.2) is 18.2 Å². The van der Waals surface area contributed by atoms with Gasteiger partial charge in [0.25, 0.3) is 0 Å². The van der Waals surface area contributed by atoms with Gasteiger partial charge >= 0.3 is 0 Å². The molecule has 3 heteroatoms. The molecule has 0 aliphatic carbocycles. The Hall–Kier alpha value is -1.64.